The van der Waals surface area contributed by atoms with Gasteiger partial charge in [-0.25, -0.2) is 0 Å². The number of benzene rings is 2. The minimum absolute atomic E-state index is 0.151. The molecule has 3 nitrogen and oxygen atoms in total. The summed E-state index contributed by atoms with van der Waals surface area (Å²) in [6, 6.07) is 13.5. The number of rotatable bonds is 2. The summed E-state index contributed by atoms with van der Waals surface area (Å²) < 4.78 is 12.2. The lowest BCUT2D eigenvalue weighted by atomic mass is 9.95. The van der Waals surface area contributed by atoms with E-state index >= 15 is 0 Å². The molecule has 1 unspecified atom stereocenters. The molecule has 104 valence electrons. The summed E-state index contributed by atoms with van der Waals surface area (Å²) in [4.78, 5) is 0. The second-order valence-electron chi connectivity index (χ2n) is 4.82. The van der Waals surface area contributed by atoms with E-state index in [1.165, 1.54) is 0 Å². The largest absolute Gasteiger partial charge is 0.497 e. The second kappa shape index (κ2) is 5.46. The third kappa shape index (κ3) is 2.53. The van der Waals surface area contributed by atoms with E-state index in [9.17, 15) is 5.11 Å². The lowest BCUT2D eigenvalue weighted by Crippen LogP contribution is -2.19. The first-order valence-corrected chi connectivity index (χ1v) is 7.25. The fraction of sp³-hybridized carbons (Fsp3) is 0.250. The van der Waals surface area contributed by atoms with Crippen molar-refractivity contribution in [3.05, 3.63) is 58.1 Å². The van der Waals surface area contributed by atoms with Crippen LogP contribution in [0.3, 0.4) is 0 Å². The van der Waals surface area contributed by atoms with Gasteiger partial charge in [0, 0.05) is 22.5 Å². The van der Waals surface area contributed by atoms with Crippen LogP contribution in [0.25, 0.3) is 0 Å². The van der Waals surface area contributed by atoms with Gasteiger partial charge >= 0.3 is 0 Å². The molecule has 3 rings (SSSR count). The highest BCUT2D eigenvalue weighted by Crippen LogP contribution is 2.42. The summed E-state index contributed by atoms with van der Waals surface area (Å²) in [6.45, 7) is 0. The first-order valence-electron chi connectivity index (χ1n) is 6.45. The quantitative estimate of drug-likeness (QED) is 0.901. The molecule has 0 saturated heterocycles. The van der Waals surface area contributed by atoms with Gasteiger partial charge in [-0.2, -0.15) is 0 Å². The summed E-state index contributed by atoms with van der Waals surface area (Å²) in [5.74, 6) is 1.42. The predicted octanol–water partition coefficient (Wildman–Crippen LogP) is 4.01. The van der Waals surface area contributed by atoms with E-state index in [1.54, 1.807) is 7.11 Å². The number of hydrogen-bond donors (Lipinski definition) is 1. The van der Waals surface area contributed by atoms with Crippen LogP contribution in [0.1, 0.15) is 29.8 Å². The molecule has 1 aliphatic heterocycles. The number of fused-ring (bicyclic) bond motifs is 1. The zero-order valence-corrected chi connectivity index (χ0v) is 12.6. The fourth-order valence-electron chi connectivity index (χ4n) is 2.46. The summed E-state index contributed by atoms with van der Waals surface area (Å²) in [5, 5.41) is 10.3. The maximum Gasteiger partial charge on any atom is 0.129 e. The maximum atomic E-state index is 10.3. The molecule has 0 amide bonds. The monoisotopic (exact) mass is 334 g/mol. The minimum Gasteiger partial charge on any atom is -0.497 e. The second-order valence-corrected chi connectivity index (χ2v) is 5.73. The Bertz CT molecular complexity index is 627. The Morgan fingerprint density at radius 1 is 1.25 bits per heavy atom. The Morgan fingerprint density at radius 3 is 2.85 bits per heavy atom. The van der Waals surface area contributed by atoms with Crippen LogP contribution in [0.2, 0.25) is 0 Å². The molecule has 1 heterocycles. The third-order valence-electron chi connectivity index (χ3n) is 3.51. The van der Waals surface area contributed by atoms with Gasteiger partial charge in [-0.05, 0) is 29.8 Å². The Hall–Kier alpha value is -1.52. The zero-order valence-electron chi connectivity index (χ0n) is 11.0. The topological polar surface area (TPSA) is 38.7 Å². The first kappa shape index (κ1) is 13.5. The lowest BCUT2D eigenvalue weighted by Gasteiger charge is -2.30. The Balaban J connectivity index is 1.95. The van der Waals surface area contributed by atoms with Gasteiger partial charge in [-0.15, -0.1) is 0 Å². The normalized spacial score (nSPS) is 20.9. The van der Waals surface area contributed by atoms with Crippen molar-refractivity contribution in [3.8, 4) is 11.5 Å². The third-order valence-corrected chi connectivity index (χ3v) is 4.00. The number of hydrogen-bond acceptors (Lipinski definition) is 3. The molecule has 1 N–H and O–H groups in total. The van der Waals surface area contributed by atoms with Crippen LogP contribution in [0, 0.1) is 0 Å². The SMILES string of the molecule is COc1ccc2c(c1)OC(c1cccc(Br)c1)C[C@H]2O. The molecule has 2 aromatic carbocycles. The van der Waals surface area contributed by atoms with Crippen LogP contribution >= 0.6 is 15.9 Å². The highest BCUT2D eigenvalue weighted by Gasteiger charge is 2.28. The molecule has 0 spiro atoms. The minimum atomic E-state index is -0.520. The van der Waals surface area contributed by atoms with Gasteiger partial charge in [0.2, 0.25) is 0 Å². The standard InChI is InChI=1S/C16H15BrO3/c1-19-12-5-6-13-14(18)9-15(20-16(13)8-12)10-3-2-4-11(17)7-10/h2-8,14-15,18H,9H2,1H3/t14-,15?/m1/s1. The van der Waals surface area contributed by atoms with Gasteiger partial charge < -0.3 is 14.6 Å². The van der Waals surface area contributed by atoms with Gasteiger partial charge in [-0.1, -0.05) is 28.1 Å². The summed E-state index contributed by atoms with van der Waals surface area (Å²) in [5.41, 5.74) is 1.86. The number of halogens is 1. The Morgan fingerprint density at radius 2 is 2.10 bits per heavy atom. The van der Waals surface area contributed by atoms with Crippen LogP contribution in [-0.2, 0) is 0 Å². The van der Waals surface area contributed by atoms with Crippen molar-refractivity contribution < 1.29 is 14.6 Å². The van der Waals surface area contributed by atoms with Crippen molar-refractivity contribution in [1.29, 1.82) is 0 Å². The van der Waals surface area contributed by atoms with Gasteiger partial charge in [-0.3, -0.25) is 0 Å². The van der Waals surface area contributed by atoms with E-state index in [0.717, 1.165) is 21.3 Å². The van der Waals surface area contributed by atoms with E-state index in [2.05, 4.69) is 15.9 Å². The summed E-state index contributed by atoms with van der Waals surface area (Å²) >= 11 is 3.46. The van der Waals surface area contributed by atoms with Gasteiger partial charge in [0.25, 0.3) is 0 Å². The number of aliphatic hydroxyl groups excluding tert-OH is 1. The van der Waals surface area contributed by atoms with Gasteiger partial charge in [0.1, 0.15) is 17.6 Å². The predicted molar refractivity (Wildman–Crippen MR) is 80.1 cm³/mol. The molecule has 0 fully saturated rings. The molecule has 0 aromatic heterocycles. The van der Waals surface area contributed by atoms with Crippen LogP contribution in [0.5, 0.6) is 11.5 Å². The number of methoxy groups -OCH3 is 1. The average Bonchev–Trinajstić information content (AvgIpc) is 2.46. The molecule has 0 aliphatic carbocycles. The highest BCUT2D eigenvalue weighted by molar-refractivity contribution is 9.10. The van der Waals surface area contributed by atoms with Crippen molar-refractivity contribution >= 4 is 15.9 Å². The molecule has 1 aliphatic rings. The highest BCUT2D eigenvalue weighted by atomic mass is 79.9. The molecule has 2 atom stereocenters. The van der Waals surface area contributed by atoms with Crippen molar-refractivity contribution in [2.45, 2.75) is 18.6 Å². The van der Waals surface area contributed by atoms with Crippen LogP contribution in [-0.4, -0.2) is 12.2 Å². The zero-order chi connectivity index (χ0) is 14.1. The Kier molecular flexibility index (Phi) is 3.68. The molecule has 0 radical (unpaired) electrons. The van der Waals surface area contributed by atoms with Crippen molar-refractivity contribution in [1.82, 2.24) is 0 Å². The molecule has 0 saturated carbocycles. The van der Waals surface area contributed by atoms with Crippen LogP contribution in [0.4, 0.5) is 0 Å². The van der Waals surface area contributed by atoms with Gasteiger partial charge in [0.05, 0.1) is 13.2 Å². The van der Waals surface area contributed by atoms with Gasteiger partial charge in [0.15, 0.2) is 0 Å². The molecule has 4 heteroatoms. The number of aliphatic hydroxyl groups is 1. The van der Waals surface area contributed by atoms with E-state index in [4.69, 9.17) is 9.47 Å². The lowest BCUT2D eigenvalue weighted by molar-refractivity contribution is 0.0654. The molecule has 0 bridgehead atoms. The van der Waals surface area contributed by atoms with Crippen molar-refractivity contribution in [2.24, 2.45) is 0 Å². The van der Waals surface area contributed by atoms with Crippen LogP contribution in [0.15, 0.2) is 46.9 Å². The van der Waals surface area contributed by atoms with Crippen molar-refractivity contribution in [3.63, 3.8) is 0 Å². The fourth-order valence-corrected chi connectivity index (χ4v) is 2.88. The molecular formula is C16H15BrO3. The van der Waals surface area contributed by atoms with E-state index in [1.807, 2.05) is 42.5 Å². The van der Waals surface area contributed by atoms with Crippen molar-refractivity contribution in [2.75, 3.05) is 7.11 Å². The van der Waals surface area contributed by atoms with E-state index < -0.39 is 6.10 Å². The summed E-state index contributed by atoms with van der Waals surface area (Å²) in [6.07, 6.45) is -0.119. The van der Waals surface area contributed by atoms with E-state index in [0.29, 0.717) is 12.2 Å². The smallest absolute Gasteiger partial charge is 0.129 e. The molecule has 20 heavy (non-hydrogen) atoms. The molecule has 2 aromatic rings. The first-order chi connectivity index (χ1) is 9.67. The Labute approximate surface area is 126 Å². The average molecular weight is 335 g/mol. The van der Waals surface area contributed by atoms with Crippen LogP contribution < -0.4 is 9.47 Å². The number of ether oxygens (including phenoxy) is 2. The van der Waals surface area contributed by atoms with E-state index in [-0.39, 0.29) is 6.10 Å². The summed E-state index contributed by atoms with van der Waals surface area (Å²) in [7, 11) is 1.62. The maximum absolute atomic E-state index is 10.3. The molecular weight excluding hydrogens is 320 g/mol.